The van der Waals surface area contributed by atoms with Crippen molar-refractivity contribution in [2.75, 3.05) is 6.61 Å². The van der Waals surface area contributed by atoms with Gasteiger partial charge in [0.1, 0.15) is 5.75 Å². The van der Waals surface area contributed by atoms with E-state index >= 15 is 0 Å². The van der Waals surface area contributed by atoms with Crippen LogP contribution in [0.15, 0.2) is 22.7 Å². The average molecular weight is 269 g/mol. The molecule has 0 spiro atoms. The second kappa shape index (κ2) is 4.21. The first kappa shape index (κ1) is 11.4. The fourth-order valence-corrected chi connectivity index (χ4v) is 1.56. The van der Waals surface area contributed by atoms with E-state index in [-0.39, 0.29) is 4.47 Å². The molecule has 1 nitrogen and oxygen atoms in total. The molecule has 0 saturated heterocycles. The van der Waals surface area contributed by atoms with E-state index in [4.69, 9.17) is 4.74 Å². The predicted molar refractivity (Wildman–Crippen MR) is 50.3 cm³/mol. The van der Waals surface area contributed by atoms with Crippen molar-refractivity contribution in [1.29, 1.82) is 0 Å². The van der Waals surface area contributed by atoms with Gasteiger partial charge in [-0.05, 0) is 25.1 Å². The molecule has 0 fully saturated rings. The lowest BCUT2D eigenvalue weighted by Gasteiger charge is -2.10. The monoisotopic (exact) mass is 268 g/mol. The maximum Gasteiger partial charge on any atom is 0.417 e. The minimum Gasteiger partial charge on any atom is -0.494 e. The fourth-order valence-electron chi connectivity index (χ4n) is 0.982. The quantitative estimate of drug-likeness (QED) is 0.792. The molecule has 5 heteroatoms. The molecule has 0 saturated carbocycles. The van der Waals surface area contributed by atoms with Crippen LogP contribution in [0, 0.1) is 0 Å². The third-order valence-electron chi connectivity index (χ3n) is 1.56. The summed E-state index contributed by atoms with van der Waals surface area (Å²) < 4.78 is 41.9. The fraction of sp³-hybridized carbons (Fsp3) is 0.333. The molecule has 1 aromatic rings. The third kappa shape index (κ3) is 2.64. The van der Waals surface area contributed by atoms with Gasteiger partial charge in [0, 0.05) is 4.47 Å². The Kier molecular flexibility index (Phi) is 3.42. The summed E-state index contributed by atoms with van der Waals surface area (Å²) in [6.07, 6.45) is -4.33. The van der Waals surface area contributed by atoms with Gasteiger partial charge in [-0.2, -0.15) is 13.2 Å². The molecule has 1 rings (SSSR count). The average Bonchev–Trinajstić information content (AvgIpc) is 2.02. The molecule has 0 unspecified atom stereocenters. The van der Waals surface area contributed by atoms with Crippen LogP contribution >= 0.6 is 15.9 Å². The first-order valence-electron chi connectivity index (χ1n) is 3.94. The number of rotatable bonds is 2. The number of hydrogen-bond acceptors (Lipinski definition) is 1. The lowest BCUT2D eigenvalue weighted by Crippen LogP contribution is -2.06. The van der Waals surface area contributed by atoms with Crippen molar-refractivity contribution in [2.45, 2.75) is 13.1 Å². The van der Waals surface area contributed by atoms with Gasteiger partial charge in [-0.1, -0.05) is 15.9 Å². The molecule has 1 aromatic carbocycles. The summed E-state index contributed by atoms with van der Waals surface area (Å²) in [7, 11) is 0. The van der Waals surface area contributed by atoms with Crippen LogP contribution in [-0.4, -0.2) is 6.61 Å². The second-order valence-corrected chi connectivity index (χ2v) is 3.43. The van der Waals surface area contributed by atoms with Crippen LogP contribution in [0.25, 0.3) is 0 Å². The Morgan fingerprint density at radius 1 is 1.36 bits per heavy atom. The summed E-state index contributed by atoms with van der Waals surface area (Å²) in [5.74, 6) is 0.423. The molecular formula is C9H8BrF3O. The summed E-state index contributed by atoms with van der Waals surface area (Å²) >= 11 is 2.85. The molecule has 14 heavy (non-hydrogen) atoms. The van der Waals surface area contributed by atoms with Gasteiger partial charge in [0.2, 0.25) is 0 Å². The number of alkyl halides is 3. The molecule has 0 aliphatic rings. The smallest absolute Gasteiger partial charge is 0.417 e. The zero-order chi connectivity index (χ0) is 10.8. The third-order valence-corrected chi connectivity index (χ3v) is 2.21. The first-order chi connectivity index (χ1) is 6.45. The van der Waals surface area contributed by atoms with Crippen molar-refractivity contribution in [1.82, 2.24) is 0 Å². The highest BCUT2D eigenvalue weighted by molar-refractivity contribution is 9.10. The second-order valence-electron chi connectivity index (χ2n) is 2.57. The Balaban J connectivity index is 3.02. The van der Waals surface area contributed by atoms with Gasteiger partial charge in [0.15, 0.2) is 0 Å². The van der Waals surface area contributed by atoms with E-state index < -0.39 is 11.7 Å². The zero-order valence-electron chi connectivity index (χ0n) is 7.36. The Morgan fingerprint density at radius 2 is 2.00 bits per heavy atom. The highest BCUT2D eigenvalue weighted by Crippen LogP contribution is 2.36. The van der Waals surface area contributed by atoms with E-state index in [1.807, 2.05) is 0 Å². The van der Waals surface area contributed by atoms with Crippen molar-refractivity contribution in [3.05, 3.63) is 28.2 Å². The maximum atomic E-state index is 12.3. The summed E-state index contributed by atoms with van der Waals surface area (Å²) in [6.45, 7) is 2.20. The van der Waals surface area contributed by atoms with Crippen LogP contribution in [0.3, 0.4) is 0 Å². The molecule has 0 bridgehead atoms. The van der Waals surface area contributed by atoms with Gasteiger partial charge < -0.3 is 4.74 Å². The van der Waals surface area contributed by atoms with Gasteiger partial charge in [0.25, 0.3) is 0 Å². The highest BCUT2D eigenvalue weighted by atomic mass is 79.9. The van der Waals surface area contributed by atoms with E-state index in [9.17, 15) is 13.2 Å². The van der Waals surface area contributed by atoms with Crippen molar-refractivity contribution >= 4 is 15.9 Å². The Hall–Kier alpha value is -0.710. The lowest BCUT2D eigenvalue weighted by molar-refractivity contribution is -0.138. The van der Waals surface area contributed by atoms with Crippen molar-refractivity contribution in [2.24, 2.45) is 0 Å². The molecule has 78 valence electrons. The molecular weight excluding hydrogens is 261 g/mol. The summed E-state index contributed by atoms with van der Waals surface area (Å²) in [5, 5.41) is 0. The molecule has 0 aromatic heterocycles. The van der Waals surface area contributed by atoms with Gasteiger partial charge in [-0.3, -0.25) is 0 Å². The molecule has 0 amide bonds. The molecule has 0 heterocycles. The zero-order valence-corrected chi connectivity index (χ0v) is 8.95. The first-order valence-corrected chi connectivity index (χ1v) is 4.74. The Labute approximate surface area is 88.0 Å². The number of hydrogen-bond donors (Lipinski definition) is 0. The van der Waals surface area contributed by atoms with Crippen LogP contribution in [0.5, 0.6) is 5.75 Å². The minimum atomic E-state index is -4.33. The normalized spacial score (nSPS) is 11.5. The molecule has 0 radical (unpaired) electrons. The number of halogens is 4. The van der Waals surface area contributed by atoms with Gasteiger partial charge in [-0.15, -0.1) is 0 Å². The topological polar surface area (TPSA) is 9.23 Å². The summed E-state index contributed by atoms with van der Waals surface area (Å²) in [5.41, 5.74) is -0.694. The van der Waals surface area contributed by atoms with Gasteiger partial charge in [0.05, 0.1) is 12.2 Å². The van der Waals surface area contributed by atoms with Crippen molar-refractivity contribution < 1.29 is 17.9 Å². The summed E-state index contributed by atoms with van der Waals surface area (Å²) in [6, 6.07) is 3.61. The van der Waals surface area contributed by atoms with Crippen LogP contribution < -0.4 is 4.74 Å². The van der Waals surface area contributed by atoms with Gasteiger partial charge >= 0.3 is 6.18 Å². The maximum absolute atomic E-state index is 12.3. The van der Waals surface area contributed by atoms with Crippen LogP contribution in [-0.2, 0) is 6.18 Å². The predicted octanol–water partition coefficient (Wildman–Crippen LogP) is 3.87. The van der Waals surface area contributed by atoms with E-state index in [0.29, 0.717) is 12.4 Å². The molecule has 0 N–H and O–H groups in total. The van der Waals surface area contributed by atoms with E-state index in [2.05, 4.69) is 15.9 Å². The van der Waals surface area contributed by atoms with E-state index in [1.54, 1.807) is 6.92 Å². The number of ether oxygens (including phenoxy) is 1. The van der Waals surface area contributed by atoms with E-state index in [1.165, 1.54) is 12.1 Å². The standard InChI is InChI=1S/C9H8BrF3O/c1-2-14-6-3-4-7(8(10)5-6)9(11,12)13/h3-5H,2H2,1H3. The largest absolute Gasteiger partial charge is 0.494 e. The van der Waals surface area contributed by atoms with Gasteiger partial charge in [-0.25, -0.2) is 0 Å². The van der Waals surface area contributed by atoms with Crippen LogP contribution in [0.4, 0.5) is 13.2 Å². The molecule has 0 atom stereocenters. The SMILES string of the molecule is CCOc1ccc(C(F)(F)F)c(Br)c1. The van der Waals surface area contributed by atoms with Crippen LogP contribution in [0.2, 0.25) is 0 Å². The van der Waals surface area contributed by atoms with E-state index in [0.717, 1.165) is 6.07 Å². The Bertz CT molecular complexity index is 322. The highest BCUT2D eigenvalue weighted by Gasteiger charge is 2.32. The van der Waals surface area contributed by atoms with Crippen molar-refractivity contribution in [3.8, 4) is 5.75 Å². The van der Waals surface area contributed by atoms with Crippen LogP contribution in [0.1, 0.15) is 12.5 Å². The number of benzene rings is 1. The summed E-state index contributed by atoms with van der Waals surface area (Å²) in [4.78, 5) is 0. The lowest BCUT2D eigenvalue weighted by atomic mass is 10.2. The minimum absolute atomic E-state index is 0.00375. The molecule has 0 aliphatic heterocycles. The Morgan fingerprint density at radius 3 is 2.43 bits per heavy atom. The van der Waals surface area contributed by atoms with Crippen molar-refractivity contribution in [3.63, 3.8) is 0 Å². The molecule has 0 aliphatic carbocycles.